The van der Waals surface area contributed by atoms with Crippen LogP contribution in [0.25, 0.3) is 6.08 Å². The number of hydrogen-bond donors (Lipinski definition) is 0. The quantitative estimate of drug-likeness (QED) is 0.491. The lowest BCUT2D eigenvalue weighted by Gasteiger charge is -2.05. The lowest BCUT2D eigenvalue weighted by molar-refractivity contribution is 0.0735. The molecule has 2 rings (SSSR count). The molecule has 0 fully saturated rings. The molecule has 106 valence electrons. The Balaban J connectivity index is 2.10. The fourth-order valence-electron chi connectivity index (χ4n) is 1.74. The standard InChI is InChI=1S/C18H12N2O2/c1-13-2-6-16(7-3-13)18(21)22-17-8-4-14(5-9-17)10-15(11-19)12-20/h2-10H,1H3. The molecule has 0 saturated carbocycles. The van der Waals surface area contributed by atoms with Gasteiger partial charge in [-0.3, -0.25) is 0 Å². The molecule has 0 heterocycles. The first-order valence-electron chi connectivity index (χ1n) is 6.53. The second-order valence-electron chi connectivity index (χ2n) is 4.61. The molecule has 0 saturated heterocycles. The number of carbonyl (C=O) groups excluding carboxylic acids is 1. The largest absolute Gasteiger partial charge is 0.423 e. The molecule has 0 aliphatic carbocycles. The number of aryl methyl sites for hydroxylation is 1. The van der Waals surface area contributed by atoms with E-state index in [0.29, 0.717) is 16.9 Å². The van der Waals surface area contributed by atoms with Crippen molar-refractivity contribution in [2.75, 3.05) is 0 Å². The van der Waals surface area contributed by atoms with Gasteiger partial charge in [-0.1, -0.05) is 29.8 Å². The molecule has 2 aromatic carbocycles. The van der Waals surface area contributed by atoms with Crippen molar-refractivity contribution in [1.82, 2.24) is 0 Å². The van der Waals surface area contributed by atoms with E-state index in [2.05, 4.69) is 0 Å². The number of hydrogen-bond acceptors (Lipinski definition) is 4. The van der Waals surface area contributed by atoms with Gasteiger partial charge in [0, 0.05) is 0 Å². The van der Waals surface area contributed by atoms with Crippen molar-refractivity contribution >= 4 is 12.0 Å². The van der Waals surface area contributed by atoms with Crippen LogP contribution in [-0.4, -0.2) is 5.97 Å². The van der Waals surface area contributed by atoms with Gasteiger partial charge in [0.15, 0.2) is 0 Å². The zero-order chi connectivity index (χ0) is 15.9. The van der Waals surface area contributed by atoms with Gasteiger partial charge < -0.3 is 4.74 Å². The highest BCUT2D eigenvalue weighted by molar-refractivity contribution is 5.91. The van der Waals surface area contributed by atoms with Gasteiger partial charge in [-0.2, -0.15) is 10.5 Å². The zero-order valence-electron chi connectivity index (χ0n) is 11.9. The number of allylic oxidation sites excluding steroid dienone is 1. The van der Waals surface area contributed by atoms with Crippen molar-refractivity contribution in [3.8, 4) is 17.9 Å². The molecule has 0 bridgehead atoms. The number of nitriles is 2. The van der Waals surface area contributed by atoms with E-state index >= 15 is 0 Å². The van der Waals surface area contributed by atoms with Crippen LogP contribution in [0.5, 0.6) is 5.75 Å². The monoisotopic (exact) mass is 288 g/mol. The number of benzene rings is 2. The molecule has 4 nitrogen and oxygen atoms in total. The summed E-state index contributed by atoms with van der Waals surface area (Å²) in [5.41, 5.74) is 2.25. The molecule has 0 unspecified atom stereocenters. The molecule has 0 N–H and O–H groups in total. The first kappa shape index (κ1) is 15.0. The van der Waals surface area contributed by atoms with Crippen molar-refractivity contribution in [2.24, 2.45) is 0 Å². The second kappa shape index (κ2) is 6.88. The summed E-state index contributed by atoms with van der Waals surface area (Å²) >= 11 is 0. The average Bonchev–Trinajstić information content (AvgIpc) is 2.54. The molecule has 0 radical (unpaired) electrons. The fourth-order valence-corrected chi connectivity index (χ4v) is 1.74. The van der Waals surface area contributed by atoms with Gasteiger partial charge in [-0.15, -0.1) is 0 Å². The van der Waals surface area contributed by atoms with E-state index in [9.17, 15) is 4.79 Å². The Morgan fingerprint density at radius 2 is 1.59 bits per heavy atom. The first-order valence-corrected chi connectivity index (χ1v) is 6.53. The van der Waals surface area contributed by atoms with Gasteiger partial charge in [0.05, 0.1) is 5.56 Å². The molecular formula is C18H12N2O2. The first-order chi connectivity index (χ1) is 10.6. The lowest BCUT2D eigenvalue weighted by atomic mass is 10.1. The van der Waals surface area contributed by atoms with Crippen LogP contribution in [0.2, 0.25) is 0 Å². The molecule has 0 aliphatic rings. The van der Waals surface area contributed by atoms with Gasteiger partial charge in [-0.05, 0) is 42.8 Å². The summed E-state index contributed by atoms with van der Waals surface area (Å²) in [5, 5.41) is 17.4. The Morgan fingerprint density at radius 3 is 2.14 bits per heavy atom. The van der Waals surface area contributed by atoms with E-state index in [0.717, 1.165) is 5.56 Å². The summed E-state index contributed by atoms with van der Waals surface area (Å²) in [4.78, 5) is 12.0. The number of ether oxygens (including phenoxy) is 1. The summed E-state index contributed by atoms with van der Waals surface area (Å²) < 4.78 is 5.26. The maximum absolute atomic E-state index is 12.0. The predicted molar refractivity (Wildman–Crippen MR) is 81.8 cm³/mol. The third-order valence-electron chi connectivity index (χ3n) is 2.93. The van der Waals surface area contributed by atoms with E-state index in [4.69, 9.17) is 15.3 Å². The molecular weight excluding hydrogens is 276 g/mol. The van der Waals surface area contributed by atoms with Gasteiger partial charge in [0.25, 0.3) is 0 Å². The van der Waals surface area contributed by atoms with Gasteiger partial charge in [-0.25, -0.2) is 4.79 Å². The van der Waals surface area contributed by atoms with Crippen molar-refractivity contribution in [3.05, 3.63) is 70.8 Å². The average molecular weight is 288 g/mol. The number of carbonyl (C=O) groups is 1. The SMILES string of the molecule is Cc1ccc(C(=O)Oc2ccc(C=C(C#N)C#N)cc2)cc1. The molecule has 0 aromatic heterocycles. The van der Waals surface area contributed by atoms with Crippen molar-refractivity contribution in [3.63, 3.8) is 0 Å². The van der Waals surface area contributed by atoms with Crippen molar-refractivity contribution < 1.29 is 9.53 Å². The van der Waals surface area contributed by atoms with Crippen LogP contribution in [0.4, 0.5) is 0 Å². The zero-order valence-corrected chi connectivity index (χ0v) is 11.9. The third-order valence-corrected chi connectivity index (χ3v) is 2.93. The van der Waals surface area contributed by atoms with E-state index < -0.39 is 5.97 Å². The molecule has 0 spiro atoms. The molecule has 2 aromatic rings. The maximum Gasteiger partial charge on any atom is 0.343 e. The Labute approximate surface area is 128 Å². The molecule has 4 heteroatoms. The van der Waals surface area contributed by atoms with Crippen LogP contribution in [0, 0.1) is 29.6 Å². The normalized spacial score (nSPS) is 9.23. The van der Waals surface area contributed by atoms with E-state index in [-0.39, 0.29) is 5.57 Å². The van der Waals surface area contributed by atoms with E-state index in [1.807, 2.05) is 19.1 Å². The Kier molecular flexibility index (Phi) is 4.70. The molecule has 22 heavy (non-hydrogen) atoms. The molecule has 0 amide bonds. The summed E-state index contributed by atoms with van der Waals surface area (Å²) in [6, 6.07) is 17.3. The van der Waals surface area contributed by atoms with Crippen LogP contribution in [0.15, 0.2) is 54.1 Å². The lowest BCUT2D eigenvalue weighted by Crippen LogP contribution is -2.08. The number of rotatable bonds is 3. The van der Waals surface area contributed by atoms with Crippen LogP contribution in [0.3, 0.4) is 0 Å². The van der Waals surface area contributed by atoms with Crippen LogP contribution >= 0.6 is 0 Å². The maximum atomic E-state index is 12.0. The van der Waals surface area contributed by atoms with Gasteiger partial charge in [0.2, 0.25) is 0 Å². The third kappa shape index (κ3) is 3.82. The fraction of sp³-hybridized carbons (Fsp3) is 0.0556. The minimum atomic E-state index is -0.432. The van der Waals surface area contributed by atoms with Crippen molar-refractivity contribution in [2.45, 2.75) is 6.92 Å². The van der Waals surface area contributed by atoms with Crippen LogP contribution in [-0.2, 0) is 0 Å². The highest BCUT2D eigenvalue weighted by atomic mass is 16.5. The second-order valence-corrected chi connectivity index (χ2v) is 4.61. The molecule has 0 aliphatic heterocycles. The summed E-state index contributed by atoms with van der Waals surface area (Å²) in [6.45, 7) is 1.94. The smallest absolute Gasteiger partial charge is 0.343 e. The molecule has 0 atom stereocenters. The van der Waals surface area contributed by atoms with Crippen LogP contribution < -0.4 is 4.74 Å². The van der Waals surface area contributed by atoms with E-state index in [1.165, 1.54) is 6.08 Å². The highest BCUT2D eigenvalue weighted by Crippen LogP contribution is 2.16. The minimum Gasteiger partial charge on any atom is -0.423 e. The highest BCUT2D eigenvalue weighted by Gasteiger charge is 2.07. The van der Waals surface area contributed by atoms with Gasteiger partial charge in [0.1, 0.15) is 23.5 Å². The Morgan fingerprint density at radius 1 is 1.00 bits per heavy atom. The van der Waals surface area contributed by atoms with Crippen LogP contribution in [0.1, 0.15) is 21.5 Å². The van der Waals surface area contributed by atoms with Gasteiger partial charge >= 0.3 is 5.97 Å². The number of esters is 1. The Hall–Kier alpha value is -3.37. The summed E-state index contributed by atoms with van der Waals surface area (Å²) in [5.74, 6) is -0.0313. The number of nitrogens with zero attached hydrogens (tertiary/aromatic N) is 2. The minimum absolute atomic E-state index is 0.0180. The summed E-state index contributed by atoms with van der Waals surface area (Å²) in [6.07, 6.45) is 1.46. The van der Waals surface area contributed by atoms with E-state index in [1.54, 1.807) is 48.5 Å². The Bertz CT molecular complexity index is 773. The predicted octanol–water partition coefficient (Wildman–Crippen LogP) is 3.64. The van der Waals surface area contributed by atoms with Crippen molar-refractivity contribution in [1.29, 1.82) is 10.5 Å². The topological polar surface area (TPSA) is 73.9 Å². The summed E-state index contributed by atoms with van der Waals surface area (Å²) in [7, 11) is 0.